The lowest BCUT2D eigenvalue weighted by Crippen LogP contribution is -2.14. The van der Waals surface area contributed by atoms with Gasteiger partial charge in [0.25, 0.3) is 5.91 Å². The molecule has 22 heavy (non-hydrogen) atoms. The minimum absolute atomic E-state index is 0.164. The van der Waals surface area contributed by atoms with Crippen LogP contribution in [0.1, 0.15) is 33.0 Å². The number of carbonyl (C=O) groups excluding carboxylic acids is 1. The zero-order chi connectivity index (χ0) is 16.1. The molecule has 6 heteroatoms. The van der Waals surface area contributed by atoms with Gasteiger partial charge in [-0.05, 0) is 38.5 Å². The molecule has 0 saturated heterocycles. The fourth-order valence-corrected chi connectivity index (χ4v) is 2.88. The SMILES string of the molecule is Cc1oc(C)c(C(=O)Nc2cc(CSCCO)ccn2)c1C. The summed E-state index contributed by atoms with van der Waals surface area (Å²) >= 11 is 1.63. The van der Waals surface area contributed by atoms with Crippen LogP contribution >= 0.6 is 11.8 Å². The van der Waals surface area contributed by atoms with Gasteiger partial charge in [0, 0.05) is 23.3 Å². The van der Waals surface area contributed by atoms with Gasteiger partial charge < -0.3 is 14.8 Å². The maximum atomic E-state index is 12.4. The largest absolute Gasteiger partial charge is 0.466 e. The molecule has 0 bridgehead atoms. The first-order valence-electron chi connectivity index (χ1n) is 7.04. The third kappa shape index (κ3) is 3.90. The lowest BCUT2D eigenvalue weighted by atomic mass is 10.1. The number of carbonyl (C=O) groups is 1. The molecule has 0 atom stereocenters. The summed E-state index contributed by atoms with van der Waals surface area (Å²) < 4.78 is 5.49. The van der Waals surface area contributed by atoms with Crippen LogP contribution in [-0.4, -0.2) is 28.4 Å². The van der Waals surface area contributed by atoms with Crippen LogP contribution in [0.2, 0.25) is 0 Å². The molecule has 2 heterocycles. The van der Waals surface area contributed by atoms with E-state index in [0.717, 1.165) is 22.6 Å². The van der Waals surface area contributed by atoms with Crippen molar-refractivity contribution in [1.29, 1.82) is 0 Å². The number of hydrogen-bond donors (Lipinski definition) is 2. The van der Waals surface area contributed by atoms with Crippen molar-refractivity contribution < 1.29 is 14.3 Å². The monoisotopic (exact) mass is 320 g/mol. The number of pyridine rings is 1. The third-order valence-electron chi connectivity index (χ3n) is 3.36. The Morgan fingerprint density at radius 3 is 2.77 bits per heavy atom. The van der Waals surface area contributed by atoms with Crippen LogP contribution in [0.15, 0.2) is 22.7 Å². The van der Waals surface area contributed by atoms with Crippen LogP contribution in [-0.2, 0) is 5.75 Å². The van der Waals surface area contributed by atoms with Crippen molar-refractivity contribution in [3.05, 3.63) is 46.5 Å². The van der Waals surface area contributed by atoms with E-state index in [9.17, 15) is 4.79 Å². The predicted octanol–water partition coefficient (Wildman–Crippen LogP) is 3.08. The number of anilines is 1. The summed E-state index contributed by atoms with van der Waals surface area (Å²) in [7, 11) is 0. The Hall–Kier alpha value is -1.79. The predicted molar refractivity (Wildman–Crippen MR) is 88.4 cm³/mol. The first kappa shape index (κ1) is 16.6. The van der Waals surface area contributed by atoms with Gasteiger partial charge in [-0.15, -0.1) is 0 Å². The normalized spacial score (nSPS) is 10.7. The van der Waals surface area contributed by atoms with Crippen molar-refractivity contribution in [2.75, 3.05) is 17.7 Å². The van der Waals surface area contributed by atoms with Crippen LogP contribution in [0.4, 0.5) is 5.82 Å². The van der Waals surface area contributed by atoms with E-state index in [1.807, 2.05) is 26.0 Å². The summed E-state index contributed by atoms with van der Waals surface area (Å²) in [6.45, 7) is 5.66. The van der Waals surface area contributed by atoms with Gasteiger partial charge in [-0.2, -0.15) is 11.8 Å². The molecule has 5 nitrogen and oxygen atoms in total. The van der Waals surface area contributed by atoms with Crippen LogP contribution in [0.3, 0.4) is 0 Å². The number of hydrogen-bond acceptors (Lipinski definition) is 5. The molecule has 0 saturated carbocycles. The minimum Gasteiger partial charge on any atom is -0.466 e. The Kier molecular flexibility index (Phi) is 5.63. The van der Waals surface area contributed by atoms with Gasteiger partial charge in [0.05, 0.1) is 12.2 Å². The second-order valence-corrected chi connectivity index (χ2v) is 6.10. The van der Waals surface area contributed by atoms with Gasteiger partial charge in [0.2, 0.25) is 0 Å². The molecule has 0 radical (unpaired) electrons. The summed E-state index contributed by atoms with van der Waals surface area (Å²) in [5.74, 6) is 3.14. The molecule has 0 spiro atoms. The van der Waals surface area contributed by atoms with Crippen molar-refractivity contribution in [3.63, 3.8) is 0 Å². The lowest BCUT2D eigenvalue weighted by Gasteiger charge is -2.07. The van der Waals surface area contributed by atoms with Crippen molar-refractivity contribution >= 4 is 23.5 Å². The van der Waals surface area contributed by atoms with Gasteiger partial charge in [-0.1, -0.05) is 0 Å². The highest BCUT2D eigenvalue weighted by Gasteiger charge is 2.18. The molecular weight excluding hydrogens is 300 g/mol. The van der Waals surface area contributed by atoms with Gasteiger partial charge in [-0.3, -0.25) is 4.79 Å². The van der Waals surface area contributed by atoms with E-state index in [0.29, 0.717) is 22.9 Å². The molecule has 2 N–H and O–H groups in total. The highest BCUT2D eigenvalue weighted by molar-refractivity contribution is 7.98. The van der Waals surface area contributed by atoms with Crippen molar-refractivity contribution in [3.8, 4) is 0 Å². The Bertz CT molecular complexity index is 667. The maximum absolute atomic E-state index is 12.4. The smallest absolute Gasteiger partial charge is 0.260 e. The molecule has 1 amide bonds. The number of nitrogens with zero attached hydrogens (tertiary/aromatic N) is 1. The van der Waals surface area contributed by atoms with Crippen LogP contribution in [0.5, 0.6) is 0 Å². The molecule has 0 aromatic carbocycles. The average Bonchev–Trinajstić information content (AvgIpc) is 2.73. The number of aliphatic hydroxyl groups is 1. The molecule has 0 aliphatic carbocycles. The molecule has 0 unspecified atom stereocenters. The maximum Gasteiger partial charge on any atom is 0.260 e. The number of thioether (sulfide) groups is 1. The number of aliphatic hydroxyl groups excluding tert-OH is 1. The van der Waals surface area contributed by atoms with Crippen molar-refractivity contribution in [2.45, 2.75) is 26.5 Å². The second kappa shape index (κ2) is 7.47. The van der Waals surface area contributed by atoms with E-state index in [4.69, 9.17) is 9.52 Å². The Morgan fingerprint density at radius 2 is 2.14 bits per heavy atom. The van der Waals surface area contributed by atoms with Crippen LogP contribution < -0.4 is 5.32 Å². The van der Waals surface area contributed by atoms with Gasteiger partial charge in [0.15, 0.2) is 0 Å². The molecule has 0 aliphatic rings. The number of nitrogens with one attached hydrogen (secondary N) is 1. The van der Waals surface area contributed by atoms with E-state index >= 15 is 0 Å². The number of furan rings is 1. The molecule has 2 aromatic rings. The van der Waals surface area contributed by atoms with E-state index in [1.165, 1.54) is 0 Å². The lowest BCUT2D eigenvalue weighted by molar-refractivity contribution is 0.102. The van der Waals surface area contributed by atoms with Gasteiger partial charge in [-0.25, -0.2) is 4.98 Å². The molecule has 0 fully saturated rings. The van der Waals surface area contributed by atoms with E-state index in [-0.39, 0.29) is 12.5 Å². The first-order chi connectivity index (χ1) is 10.5. The summed E-state index contributed by atoms with van der Waals surface area (Å²) in [6.07, 6.45) is 1.67. The number of aryl methyl sites for hydroxylation is 2. The molecular formula is C16H20N2O3S. The zero-order valence-corrected chi connectivity index (χ0v) is 13.8. The quantitative estimate of drug-likeness (QED) is 0.800. The summed E-state index contributed by atoms with van der Waals surface area (Å²) in [5.41, 5.74) is 2.48. The highest BCUT2D eigenvalue weighted by Crippen LogP contribution is 2.22. The molecule has 2 rings (SSSR count). The zero-order valence-electron chi connectivity index (χ0n) is 13.0. The molecule has 0 aliphatic heterocycles. The van der Waals surface area contributed by atoms with E-state index < -0.39 is 0 Å². The topological polar surface area (TPSA) is 75.4 Å². The number of amides is 1. The highest BCUT2D eigenvalue weighted by atomic mass is 32.2. The number of aromatic nitrogens is 1. The fourth-order valence-electron chi connectivity index (χ4n) is 2.19. The Morgan fingerprint density at radius 1 is 1.36 bits per heavy atom. The summed E-state index contributed by atoms with van der Waals surface area (Å²) in [4.78, 5) is 16.6. The van der Waals surface area contributed by atoms with E-state index in [1.54, 1.807) is 24.9 Å². The molecule has 118 valence electrons. The summed E-state index contributed by atoms with van der Waals surface area (Å²) in [6, 6.07) is 3.75. The Labute approximate surface area is 134 Å². The van der Waals surface area contributed by atoms with Gasteiger partial charge in [0.1, 0.15) is 17.3 Å². The van der Waals surface area contributed by atoms with Crippen LogP contribution in [0.25, 0.3) is 0 Å². The second-order valence-electron chi connectivity index (χ2n) is 4.99. The van der Waals surface area contributed by atoms with Crippen LogP contribution in [0, 0.1) is 20.8 Å². The first-order valence-corrected chi connectivity index (χ1v) is 8.20. The molecule has 2 aromatic heterocycles. The standard InChI is InChI=1S/C16H20N2O3S/c1-10-11(2)21-12(3)15(10)16(20)18-14-8-13(4-5-17-14)9-22-7-6-19/h4-5,8,19H,6-7,9H2,1-3H3,(H,17,18,20). The summed E-state index contributed by atoms with van der Waals surface area (Å²) in [5, 5.41) is 11.6. The fraction of sp³-hybridized carbons (Fsp3) is 0.375. The van der Waals surface area contributed by atoms with E-state index in [2.05, 4.69) is 10.3 Å². The average molecular weight is 320 g/mol. The minimum atomic E-state index is -0.209. The third-order valence-corrected chi connectivity index (χ3v) is 4.37. The van der Waals surface area contributed by atoms with Crippen molar-refractivity contribution in [1.82, 2.24) is 4.98 Å². The Balaban J connectivity index is 2.10. The van der Waals surface area contributed by atoms with Crippen molar-refractivity contribution in [2.24, 2.45) is 0 Å². The number of rotatable bonds is 6. The van der Waals surface area contributed by atoms with Gasteiger partial charge >= 0.3 is 0 Å².